The van der Waals surface area contributed by atoms with Crippen LogP contribution in [-0.4, -0.2) is 38.6 Å². The summed E-state index contributed by atoms with van der Waals surface area (Å²) >= 11 is 0. The minimum Gasteiger partial charge on any atom is -0.376 e. The Labute approximate surface area is 101 Å². The zero-order valence-corrected chi connectivity index (χ0v) is 9.60. The van der Waals surface area contributed by atoms with Crippen LogP contribution in [-0.2, 0) is 31.3 Å². The predicted molar refractivity (Wildman–Crippen MR) is 51.9 cm³/mol. The van der Waals surface area contributed by atoms with Crippen molar-refractivity contribution in [3.8, 4) is 0 Å². The van der Waals surface area contributed by atoms with E-state index in [0.29, 0.717) is 12.2 Å². The molecule has 2 saturated heterocycles. The van der Waals surface area contributed by atoms with Gasteiger partial charge < -0.3 is 14.2 Å². The third kappa shape index (κ3) is 6.87. The monoisotopic (exact) mass is 251 g/mol. The third-order valence-corrected chi connectivity index (χ3v) is 2.00. The molecule has 3 aliphatic rings. The van der Waals surface area contributed by atoms with Crippen LogP contribution in [0.25, 0.3) is 0 Å². The molecule has 2 fully saturated rings. The molecule has 0 spiro atoms. The van der Waals surface area contributed by atoms with E-state index in [1.165, 1.54) is 0 Å². The minimum atomic E-state index is 0. The van der Waals surface area contributed by atoms with Crippen LogP contribution in [0.4, 0.5) is 0 Å². The number of allylic oxidation sites excluding steroid dienone is 4. The number of ether oxygens (including phenoxy) is 3. The molecule has 86 valence electrons. The molecule has 15 heavy (non-hydrogen) atoms. The van der Waals surface area contributed by atoms with Crippen molar-refractivity contribution in [2.45, 2.75) is 18.6 Å². The molecule has 3 rings (SSSR count). The molecule has 0 aromatic heterocycles. The summed E-state index contributed by atoms with van der Waals surface area (Å²) in [5.74, 6) is 0. The fraction of sp³-hybridized carbons (Fsp3) is 0.636. The van der Waals surface area contributed by atoms with Crippen LogP contribution >= 0.6 is 0 Å². The maximum atomic E-state index is 5.23. The van der Waals surface area contributed by atoms with E-state index < -0.39 is 0 Å². The van der Waals surface area contributed by atoms with Gasteiger partial charge in [-0.15, -0.1) is 6.42 Å². The van der Waals surface area contributed by atoms with Crippen molar-refractivity contribution >= 4 is 0 Å². The topological polar surface area (TPSA) is 34.3 Å². The number of hydrogen-bond acceptors (Lipinski definition) is 3. The van der Waals surface area contributed by atoms with Crippen molar-refractivity contribution in [2.24, 2.45) is 0 Å². The van der Waals surface area contributed by atoms with Gasteiger partial charge in [-0.2, -0.15) is 6.08 Å². The normalized spacial score (nSPS) is 29.1. The number of hydrogen-bond donors (Lipinski definition) is 0. The van der Waals surface area contributed by atoms with Crippen LogP contribution in [0, 0.1) is 6.08 Å². The van der Waals surface area contributed by atoms with Gasteiger partial charge in [-0.1, -0.05) is 0 Å². The van der Waals surface area contributed by atoms with E-state index >= 15 is 0 Å². The molecule has 0 aromatic carbocycles. The fourth-order valence-corrected chi connectivity index (χ4v) is 1.000. The molecule has 1 aliphatic carbocycles. The quantitative estimate of drug-likeness (QED) is 0.426. The first kappa shape index (κ1) is 12.9. The summed E-state index contributed by atoms with van der Waals surface area (Å²) in [6.07, 6.45) is 10.8. The summed E-state index contributed by atoms with van der Waals surface area (Å²) in [5.41, 5.74) is 0. The summed E-state index contributed by atoms with van der Waals surface area (Å²) in [5, 5.41) is 0. The molecule has 0 amide bonds. The van der Waals surface area contributed by atoms with Crippen LogP contribution in [0.15, 0.2) is 18.2 Å². The van der Waals surface area contributed by atoms with Crippen LogP contribution in [0.2, 0.25) is 0 Å². The van der Waals surface area contributed by atoms with E-state index in [9.17, 15) is 0 Å². The van der Waals surface area contributed by atoms with E-state index in [1.54, 1.807) is 0 Å². The van der Waals surface area contributed by atoms with Crippen molar-refractivity contribution in [3.05, 3.63) is 24.3 Å². The van der Waals surface area contributed by atoms with Gasteiger partial charge in [-0.3, -0.25) is 6.08 Å². The molecule has 2 heterocycles. The molecule has 4 heteroatoms. The summed E-state index contributed by atoms with van der Waals surface area (Å²) < 4.78 is 15.1. The Balaban J connectivity index is 0.000000162. The Kier molecular flexibility index (Phi) is 6.22. The molecule has 0 aromatic rings. The SMILES string of the molecule is C(OCC1CO1)C1CO1.[C-]1=CC=CC1.[Fe]. The predicted octanol–water partition coefficient (Wildman–Crippen LogP) is 1.10. The largest absolute Gasteiger partial charge is 0.376 e. The van der Waals surface area contributed by atoms with Gasteiger partial charge in [-0.05, 0) is 0 Å². The summed E-state index contributed by atoms with van der Waals surface area (Å²) in [7, 11) is 0. The molecule has 3 nitrogen and oxygen atoms in total. The minimum absolute atomic E-state index is 0. The van der Waals surface area contributed by atoms with Crippen molar-refractivity contribution in [3.63, 3.8) is 0 Å². The molecule has 0 radical (unpaired) electrons. The van der Waals surface area contributed by atoms with Gasteiger partial charge in [0.25, 0.3) is 0 Å². The Bertz CT molecular complexity index is 198. The Morgan fingerprint density at radius 2 is 1.80 bits per heavy atom. The molecular weight excluding hydrogens is 236 g/mol. The second kappa shape index (κ2) is 7.20. The molecule has 0 N–H and O–H groups in total. The second-order valence-electron chi connectivity index (χ2n) is 3.45. The van der Waals surface area contributed by atoms with E-state index in [2.05, 4.69) is 12.2 Å². The van der Waals surface area contributed by atoms with E-state index in [4.69, 9.17) is 14.2 Å². The first-order valence-corrected chi connectivity index (χ1v) is 4.98. The Hall–Kier alpha value is -0.121. The molecular formula is C11H15FeO3-. The maximum absolute atomic E-state index is 5.23. The zero-order valence-electron chi connectivity index (χ0n) is 8.50. The van der Waals surface area contributed by atoms with Crippen molar-refractivity contribution in [1.29, 1.82) is 0 Å². The van der Waals surface area contributed by atoms with E-state index in [-0.39, 0.29) is 17.1 Å². The summed E-state index contributed by atoms with van der Waals surface area (Å²) in [4.78, 5) is 0. The van der Waals surface area contributed by atoms with Crippen LogP contribution in [0.5, 0.6) is 0 Å². The van der Waals surface area contributed by atoms with E-state index in [0.717, 1.165) is 32.8 Å². The van der Waals surface area contributed by atoms with Gasteiger partial charge in [0.2, 0.25) is 0 Å². The van der Waals surface area contributed by atoms with Crippen LogP contribution in [0.1, 0.15) is 6.42 Å². The van der Waals surface area contributed by atoms with Crippen LogP contribution < -0.4 is 0 Å². The van der Waals surface area contributed by atoms with Crippen molar-refractivity contribution < 1.29 is 31.3 Å². The molecule has 2 atom stereocenters. The van der Waals surface area contributed by atoms with Gasteiger partial charge in [0.05, 0.1) is 26.4 Å². The third-order valence-electron chi connectivity index (χ3n) is 2.00. The summed E-state index contributed by atoms with van der Waals surface area (Å²) in [6, 6.07) is 0. The van der Waals surface area contributed by atoms with E-state index in [1.807, 2.05) is 12.2 Å². The van der Waals surface area contributed by atoms with Crippen molar-refractivity contribution in [1.82, 2.24) is 0 Å². The number of rotatable bonds is 4. The average molecular weight is 251 g/mol. The van der Waals surface area contributed by atoms with Gasteiger partial charge in [0, 0.05) is 17.1 Å². The van der Waals surface area contributed by atoms with Gasteiger partial charge in [0.1, 0.15) is 12.2 Å². The molecule has 2 unspecified atom stereocenters. The fourth-order valence-electron chi connectivity index (χ4n) is 1.000. The zero-order chi connectivity index (χ0) is 9.64. The number of epoxide rings is 2. The molecule has 0 bridgehead atoms. The molecule has 2 aliphatic heterocycles. The Morgan fingerprint density at radius 3 is 2.07 bits per heavy atom. The maximum Gasteiger partial charge on any atom is 0.104 e. The molecule has 0 saturated carbocycles. The van der Waals surface area contributed by atoms with Gasteiger partial charge in [0.15, 0.2) is 0 Å². The van der Waals surface area contributed by atoms with Gasteiger partial charge >= 0.3 is 0 Å². The van der Waals surface area contributed by atoms with Gasteiger partial charge in [-0.25, -0.2) is 12.2 Å². The van der Waals surface area contributed by atoms with Crippen molar-refractivity contribution in [2.75, 3.05) is 26.4 Å². The average Bonchev–Trinajstić information content (AvgIpc) is 3.12. The first-order chi connectivity index (χ1) is 6.95. The second-order valence-corrected chi connectivity index (χ2v) is 3.45. The van der Waals surface area contributed by atoms with Crippen LogP contribution in [0.3, 0.4) is 0 Å². The standard InChI is InChI=1S/C6H10O3.C5H5.Fe/c1(5-3-8-5)7-2-6-4-9-6;1-2-4-5-3-1;/h5-6H,1-4H2;1-3H,4H2;/q;-1;. The summed E-state index contributed by atoms with van der Waals surface area (Å²) in [6.45, 7) is 3.26. The Morgan fingerprint density at radius 1 is 1.20 bits per heavy atom. The first-order valence-electron chi connectivity index (χ1n) is 4.98. The smallest absolute Gasteiger partial charge is 0.104 e.